The Bertz CT molecular complexity index is 872. The van der Waals surface area contributed by atoms with E-state index in [1.807, 2.05) is 8.26 Å². The summed E-state index contributed by atoms with van der Waals surface area (Å²) in [6.07, 6.45) is 30.2. The Morgan fingerprint density at radius 2 is 1.03 bits per heavy atom. The van der Waals surface area contributed by atoms with Crippen molar-refractivity contribution in [1.29, 1.82) is 0 Å². The minimum Gasteiger partial charge on any atom is -1.00 e. The van der Waals surface area contributed by atoms with Crippen LogP contribution in [0.15, 0.2) is 48.6 Å². The number of rotatable bonds is 8. The Morgan fingerprint density at radius 1 is 0.622 bits per heavy atom. The van der Waals surface area contributed by atoms with Crippen molar-refractivity contribution in [2.24, 2.45) is 23.7 Å². The van der Waals surface area contributed by atoms with Crippen LogP contribution >= 0.6 is 0 Å². The van der Waals surface area contributed by atoms with Gasteiger partial charge in [0.15, 0.2) is 0 Å². The van der Waals surface area contributed by atoms with Crippen LogP contribution in [0.5, 0.6) is 0 Å². The molecular formula is C32H50Cl2Si2Zr. The second-order valence-electron chi connectivity index (χ2n) is 14.4. The molecule has 0 bridgehead atoms. The fourth-order valence-corrected chi connectivity index (χ4v) is 50.9. The molecule has 5 fully saturated rings. The first-order chi connectivity index (χ1) is 17.2. The SMILES string of the molecule is CCC[Si]1(C2C3C=CC=CC3C[CH]2[Zr+2]2([CH]3CC4C=CC=CC4C3[Si]3(CCC)CCC3)[CH2][CH2]2)CCC1.[Cl-].[Cl-]. The third-order valence-electron chi connectivity index (χ3n) is 13.3. The summed E-state index contributed by atoms with van der Waals surface area (Å²) in [6, 6.07) is 10.2. The number of fused-ring (bicyclic) bond motifs is 2. The monoisotopic (exact) mass is 650 g/mol. The summed E-state index contributed by atoms with van der Waals surface area (Å²) in [5.74, 6) is 3.78. The molecule has 0 N–H and O–H groups in total. The molecule has 0 aromatic heterocycles. The zero-order valence-electron chi connectivity index (χ0n) is 23.4. The first-order valence-corrected chi connectivity index (χ1v) is 27.6. The van der Waals surface area contributed by atoms with E-state index in [0.717, 1.165) is 23.7 Å². The first-order valence-electron chi connectivity index (χ1n) is 15.9. The van der Waals surface area contributed by atoms with Crippen molar-refractivity contribution in [2.75, 3.05) is 0 Å². The fraction of sp³-hybridized carbons (Fsp3) is 0.750. The van der Waals surface area contributed by atoms with Gasteiger partial charge in [0.25, 0.3) is 0 Å². The molecule has 2 saturated carbocycles. The molecule has 3 saturated heterocycles. The van der Waals surface area contributed by atoms with Gasteiger partial charge >= 0.3 is 224 Å². The van der Waals surface area contributed by atoms with Gasteiger partial charge < -0.3 is 24.8 Å². The third-order valence-corrected chi connectivity index (χ3v) is 41.9. The van der Waals surface area contributed by atoms with Crippen LogP contribution in [-0.4, -0.2) is 16.1 Å². The minimum absolute atomic E-state index is 0. The van der Waals surface area contributed by atoms with E-state index in [9.17, 15) is 0 Å². The smallest absolute Gasteiger partial charge is 1.00 e. The molecule has 0 radical (unpaired) electrons. The zero-order valence-corrected chi connectivity index (χ0v) is 29.4. The largest absolute Gasteiger partial charge is 1.00 e. The normalized spacial score (nSPS) is 41.7. The maximum absolute atomic E-state index is 2.76. The van der Waals surface area contributed by atoms with Gasteiger partial charge in [0.1, 0.15) is 0 Å². The number of hydrogen-bond acceptors (Lipinski definition) is 0. The first kappa shape index (κ1) is 29.4. The average molecular weight is 653 g/mol. The Labute approximate surface area is 246 Å². The molecule has 5 heteroatoms. The summed E-state index contributed by atoms with van der Waals surface area (Å²) in [5.41, 5.74) is 2.42. The van der Waals surface area contributed by atoms with E-state index in [0.29, 0.717) is 0 Å². The molecule has 3 aliphatic heterocycles. The van der Waals surface area contributed by atoms with Crippen molar-refractivity contribution in [2.45, 2.75) is 115 Å². The molecule has 8 unspecified atom stereocenters. The van der Waals surface area contributed by atoms with Gasteiger partial charge in [-0.15, -0.1) is 0 Å². The van der Waals surface area contributed by atoms with Crippen LogP contribution in [0.4, 0.5) is 0 Å². The summed E-state index contributed by atoms with van der Waals surface area (Å²) >= 11 is -2.19. The Morgan fingerprint density at radius 3 is 1.35 bits per heavy atom. The van der Waals surface area contributed by atoms with Gasteiger partial charge in [0.2, 0.25) is 0 Å². The van der Waals surface area contributed by atoms with Crippen molar-refractivity contribution < 1.29 is 45.1 Å². The van der Waals surface area contributed by atoms with Crippen LogP contribution in [0.25, 0.3) is 0 Å². The van der Waals surface area contributed by atoms with Crippen LogP contribution in [0, 0.1) is 23.7 Å². The molecule has 7 rings (SSSR count). The van der Waals surface area contributed by atoms with Crippen molar-refractivity contribution in [3.63, 3.8) is 0 Å². The molecule has 8 atom stereocenters. The van der Waals surface area contributed by atoms with Gasteiger partial charge in [-0.3, -0.25) is 0 Å². The standard InChI is InChI=1S/2C15H23Si.C2H4.2ClH.Zr/c2*1-2-10-16(11-5-12-16)15-9-8-13-6-3-4-7-14(13)15;1-2;;;/h2*3-4,6-7,9,13-15H,2,5,8,10-12H2,1H3;1-2H2;2*1H;/q;;;;;+2/p-2. The van der Waals surface area contributed by atoms with E-state index in [4.69, 9.17) is 0 Å². The van der Waals surface area contributed by atoms with Gasteiger partial charge in [0.05, 0.1) is 0 Å². The van der Waals surface area contributed by atoms with Gasteiger partial charge in [-0.2, -0.15) is 0 Å². The van der Waals surface area contributed by atoms with E-state index in [-0.39, 0.29) is 24.8 Å². The van der Waals surface area contributed by atoms with Crippen molar-refractivity contribution in [3.8, 4) is 0 Å². The molecule has 0 aromatic rings. The molecule has 37 heavy (non-hydrogen) atoms. The molecular weight excluding hydrogens is 603 g/mol. The Kier molecular flexibility index (Phi) is 8.94. The summed E-state index contributed by atoms with van der Waals surface area (Å²) in [5, 5.41) is 0. The van der Waals surface area contributed by atoms with Gasteiger partial charge in [0, 0.05) is 0 Å². The van der Waals surface area contributed by atoms with Crippen LogP contribution < -0.4 is 24.8 Å². The van der Waals surface area contributed by atoms with Gasteiger partial charge in [-0.1, -0.05) is 0 Å². The molecule has 3 heterocycles. The fourth-order valence-electron chi connectivity index (χ4n) is 11.8. The number of allylic oxidation sites excluding steroid dienone is 8. The predicted molar refractivity (Wildman–Crippen MR) is 155 cm³/mol. The van der Waals surface area contributed by atoms with E-state index in [2.05, 4.69) is 62.5 Å². The van der Waals surface area contributed by atoms with E-state index >= 15 is 0 Å². The van der Waals surface area contributed by atoms with Gasteiger partial charge in [-0.05, 0) is 0 Å². The topological polar surface area (TPSA) is 0 Å². The van der Waals surface area contributed by atoms with Crippen LogP contribution in [-0.2, 0) is 20.3 Å². The maximum atomic E-state index is 2.76. The van der Waals surface area contributed by atoms with Crippen LogP contribution in [0.2, 0.25) is 62.9 Å². The summed E-state index contributed by atoms with van der Waals surface area (Å²) < 4.78 is 6.17. The summed E-state index contributed by atoms with van der Waals surface area (Å²) in [6.45, 7) is 5.04. The molecule has 7 aliphatic rings. The zero-order chi connectivity index (χ0) is 23.7. The van der Waals surface area contributed by atoms with Crippen molar-refractivity contribution >= 4 is 16.1 Å². The summed E-state index contributed by atoms with van der Waals surface area (Å²) in [4.78, 5) is 0. The van der Waals surface area contributed by atoms with E-state index < -0.39 is 36.4 Å². The molecule has 0 amide bonds. The third kappa shape index (κ3) is 4.49. The molecule has 0 nitrogen and oxygen atoms in total. The predicted octanol–water partition coefficient (Wildman–Crippen LogP) is 4.37. The van der Waals surface area contributed by atoms with Crippen molar-refractivity contribution in [1.82, 2.24) is 0 Å². The maximum Gasteiger partial charge on any atom is -1.00 e. The second kappa shape index (κ2) is 11.3. The van der Waals surface area contributed by atoms with Gasteiger partial charge in [-0.25, -0.2) is 0 Å². The molecule has 4 aliphatic carbocycles. The Balaban J connectivity index is 0.00000140. The minimum atomic E-state index is -2.19. The second-order valence-corrected chi connectivity index (χ2v) is 36.4. The Hall–Kier alpha value is 0.857. The molecule has 0 spiro atoms. The van der Waals surface area contributed by atoms with Crippen LogP contribution in [0.3, 0.4) is 0 Å². The van der Waals surface area contributed by atoms with E-state index in [1.165, 1.54) is 31.2 Å². The average Bonchev–Trinajstić information content (AvgIpc) is 3.39. The van der Waals surface area contributed by atoms with Crippen LogP contribution in [0.1, 0.15) is 52.4 Å². The number of hydrogen-bond donors (Lipinski definition) is 0. The summed E-state index contributed by atoms with van der Waals surface area (Å²) in [7, 11) is -2.13. The van der Waals surface area contributed by atoms with E-state index in [1.54, 1.807) is 61.9 Å². The van der Waals surface area contributed by atoms with Crippen molar-refractivity contribution in [3.05, 3.63) is 48.6 Å². The quantitative estimate of drug-likeness (QED) is 0.342. The number of halogens is 2. The molecule has 204 valence electrons. The molecule has 0 aromatic carbocycles.